The molecule has 0 atom stereocenters. The van der Waals surface area contributed by atoms with Crippen LogP contribution >= 0.6 is 0 Å². The molecule has 0 saturated heterocycles. The SMILES string of the molecule is Nc1ccc(NCCc2ncno2)c2nonc12. The molecule has 0 aliphatic carbocycles. The Kier molecular flexibility index (Phi) is 2.52. The van der Waals surface area contributed by atoms with Crippen molar-refractivity contribution in [2.45, 2.75) is 6.42 Å². The number of benzene rings is 1. The van der Waals surface area contributed by atoms with Crippen LogP contribution in [-0.2, 0) is 6.42 Å². The fourth-order valence-corrected chi connectivity index (χ4v) is 1.64. The maximum atomic E-state index is 5.75. The van der Waals surface area contributed by atoms with E-state index < -0.39 is 0 Å². The van der Waals surface area contributed by atoms with Gasteiger partial charge in [0.2, 0.25) is 5.89 Å². The van der Waals surface area contributed by atoms with Gasteiger partial charge in [-0.1, -0.05) is 5.16 Å². The molecule has 0 amide bonds. The number of anilines is 2. The summed E-state index contributed by atoms with van der Waals surface area (Å²) in [5.41, 5.74) is 8.26. The minimum absolute atomic E-state index is 0.536. The van der Waals surface area contributed by atoms with Crippen molar-refractivity contribution in [3.05, 3.63) is 24.4 Å². The van der Waals surface area contributed by atoms with Crippen molar-refractivity contribution in [1.29, 1.82) is 0 Å². The van der Waals surface area contributed by atoms with Crippen molar-refractivity contribution < 1.29 is 9.15 Å². The number of aromatic nitrogens is 4. The zero-order valence-electron chi connectivity index (χ0n) is 9.33. The van der Waals surface area contributed by atoms with E-state index in [4.69, 9.17) is 10.3 Å². The molecule has 0 aliphatic heterocycles. The molecule has 2 heterocycles. The molecule has 0 spiro atoms. The summed E-state index contributed by atoms with van der Waals surface area (Å²) >= 11 is 0. The van der Waals surface area contributed by atoms with Gasteiger partial charge in [-0.25, -0.2) is 4.63 Å². The third kappa shape index (κ3) is 1.83. The molecule has 0 bridgehead atoms. The summed E-state index contributed by atoms with van der Waals surface area (Å²) in [5.74, 6) is 0.576. The zero-order chi connectivity index (χ0) is 12.4. The largest absolute Gasteiger partial charge is 0.397 e. The second-order valence-corrected chi connectivity index (χ2v) is 3.68. The van der Waals surface area contributed by atoms with Gasteiger partial charge in [-0.3, -0.25) is 0 Å². The fourth-order valence-electron chi connectivity index (χ4n) is 1.64. The second kappa shape index (κ2) is 4.32. The van der Waals surface area contributed by atoms with Gasteiger partial charge in [0.15, 0.2) is 17.4 Å². The number of nitrogens with zero attached hydrogens (tertiary/aromatic N) is 4. The van der Waals surface area contributed by atoms with E-state index in [9.17, 15) is 0 Å². The molecule has 3 aromatic rings. The highest BCUT2D eigenvalue weighted by Gasteiger charge is 2.09. The van der Waals surface area contributed by atoms with Crippen LogP contribution in [0.25, 0.3) is 11.0 Å². The summed E-state index contributed by atoms with van der Waals surface area (Å²) in [6.07, 6.45) is 2.00. The average molecular weight is 246 g/mol. The third-order valence-corrected chi connectivity index (χ3v) is 2.51. The molecule has 0 aliphatic rings. The maximum absolute atomic E-state index is 5.75. The first-order chi connectivity index (χ1) is 8.84. The van der Waals surface area contributed by atoms with Crippen molar-refractivity contribution in [2.75, 3.05) is 17.6 Å². The van der Waals surface area contributed by atoms with E-state index in [0.717, 1.165) is 5.69 Å². The van der Waals surface area contributed by atoms with Crippen LogP contribution in [-0.4, -0.2) is 27.0 Å². The first-order valence-electron chi connectivity index (χ1n) is 5.35. The average Bonchev–Trinajstić information content (AvgIpc) is 3.02. The van der Waals surface area contributed by atoms with Gasteiger partial charge in [-0.05, 0) is 22.4 Å². The molecule has 1 aromatic carbocycles. The van der Waals surface area contributed by atoms with E-state index in [1.54, 1.807) is 6.07 Å². The number of nitrogen functional groups attached to an aromatic ring is 1. The Hall–Kier alpha value is -2.64. The summed E-state index contributed by atoms with van der Waals surface area (Å²) in [5, 5.41) is 14.3. The van der Waals surface area contributed by atoms with E-state index in [2.05, 4.69) is 30.4 Å². The Morgan fingerprint density at radius 3 is 2.94 bits per heavy atom. The van der Waals surface area contributed by atoms with Crippen LogP contribution in [0.15, 0.2) is 27.6 Å². The van der Waals surface area contributed by atoms with Crippen molar-refractivity contribution in [3.63, 3.8) is 0 Å². The van der Waals surface area contributed by atoms with E-state index in [-0.39, 0.29) is 0 Å². The summed E-state index contributed by atoms with van der Waals surface area (Å²) in [6, 6.07) is 3.58. The molecule has 0 fully saturated rings. The Morgan fingerprint density at radius 2 is 2.11 bits per heavy atom. The number of nitrogens with one attached hydrogen (secondary N) is 1. The molecule has 92 valence electrons. The predicted octanol–water partition coefficient (Wildman–Crippen LogP) is 0.843. The van der Waals surface area contributed by atoms with Gasteiger partial charge in [0.1, 0.15) is 0 Å². The molecule has 0 saturated carbocycles. The van der Waals surface area contributed by atoms with Gasteiger partial charge >= 0.3 is 0 Å². The Morgan fingerprint density at radius 1 is 1.22 bits per heavy atom. The lowest BCUT2D eigenvalue weighted by molar-refractivity contribution is 0.315. The molecule has 3 rings (SSSR count). The van der Waals surface area contributed by atoms with Crippen LogP contribution in [0, 0.1) is 0 Å². The van der Waals surface area contributed by atoms with Crippen LogP contribution in [0.2, 0.25) is 0 Å². The van der Waals surface area contributed by atoms with Crippen molar-refractivity contribution >= 4 is 22.4 Å². The topological polar surface area (TPSA) is 116 Å². The standard InChI is InChI=1S/C10H10N6O2/c11-6-1-2-7(10-9(6)15-18-16-10)12-4-3-8-13-5-14-17-8/h1-2,5,12H,3-4,11H2. The van der Waals surface area contributed by atoms with Crippen LogP contribution < -0.4 is 11.1 Å². The number of nitrogens with two attached hydrogens (primary N) is 1. The summed E-state index contributed by atoms with van der Waals surface area (Å²) in [4.78, 5) is 3.93. The lowest BCUT2D eigenvalue weighted by atomic mass is 10.2. The third-order valence-electron chi connectivity index (χ3n) is 2.51. The van der Waals surface area contributed by atoms with Gasteiger partial charge in [0.05, 0.1) is 11.4 Å². The maximum Gasteiger partial charge on any atom is 0.228 e. The van der Waals surface area contributed by atoms with E-state index in [1.807, 2.05) is 6.07 Å². The van der Waals surface area contributed by atoms with Crippen molar-refractivity contribution in [3.8, 4) is 0 Å². The number of hydrogen-bond donors (Lipinski definition) is 2. The van der Waals surface area contributed by atoms with Gasteiger partial charge in [-0.15, -0.1) is 0 Å². The van der Waals surface area contributed by atoms with Crippen molar-refractivity contribution in [1.82, 2.24) is 20.5 Å². The van der Waals surface area contributed by atoms with Crippen LogP contribution in [0.5, 0.6) is 0 Å². The van der Waals surface area contributed by atoms with Gasteiger partial charge in [-0.2, -0.15) is 4.98 Å². The van der Waals surface area contributed by atoms with E-state index >= 15 is 0 Å². The van der Waals surface area contributed by atoms with Crippen LogP contribution in [0.4, 0.5) is 11.4 Å². The highest BCUT2D eigenvalue weighted by molar-refractivity contribution is 5.94. The van der Waals surface area contributed by atoms with Crippen LogP contribution in [0.3, 0.4) is 0 Å². The molecule has 18 heavy (non-hydrogen) atoms. The smallest absolute Gasteiger partial charge is 0.228 e. The molecule has 8 nitrogen and oxygen atoms in total. The Balaban J connectivity index is 1.75. The second-order valence-electron chi connectivity index (χ2n) is 3.68. The molecule has 8 heteroatoms. The van der Waals surface area contributed by atoms with E-state index in [0.29, 0.717) is 35.6 Å². The zero-order valence-corrected chi connectivity index (χ0v) is 9.33. The fraction of sp³-hybridized carbons (Fsp3) is 0.200. The van der Waals surface area contributed by atoms with Crippen LogP contribution in [0.1, 0.15) is 5.89 Å². The van der Waals surface area contributed by atoms with Gasteiger partial charge < -0.3 is 15.6 Å². The summed E-state index contributed by atoms with van der Waals surface area (Å²) < 4.78 is 9.57. The lowest BCUT2D eigenvalue weighted by Crippen LogP contribution is -2.05. The monoisotopic (exact) mass is 246 g/mol. The van der Waals surface area contributed by atoms with E-state index in [1.165, 1.54) is 6.33 Å². The molecular formula is C10H10N6O2. The highest BCUT2D eigenvalue weighted by Crippen LogP contribution is 2.24. The Bertz CT molecular complexity index is 647. The summed E-state index contributed by atoms with van der Waals surface area (Å²) in [6.45, 7) is 0.633. The normalized spacial score (nSPS) is 10.9. The van der Waals surface area contributed by atoms with Crippen molar-refractivity contribution in [2.24, 2.45) is 0 Å². The highest BCUT2D eigenvalue weighted by atomic mass is 16.6. The number of rotatable bonds is 4. The van der Waals surface area contributed by atoms with Gasteiger partial charge in [0.25, 0.3) is 0 Å². The minimum Gasteiger partial charge on any atom is -0.397 e. The molecule has 3 N–H and O–H groups in total. The van der Waals surface area contributed by atoms with Gasteiger partial charge in [0, 0.05) is 13.0 Å². The summed E-state index contributed by atoms with van der Waals surface area (Å²) in [7, 11) is 0. The number of fused-ring (bicyclic) bond motifs is 1. The molecule has 0 radical (unpaired) electrons. The first kappa shape index (κ1) is 10.5. The molecule has 0 unspecified atom stereocenters. The lowest BCUT2D eigenvalue weighted by Gasteiger charge is -2.04. The predicted molar refractivity (Wildman–Crippen MR) is 62.7 cm³/mol. The molecule has 2 aromatic heterocycles. The quantitative estimate of drug-likeness (QED) is 0.650. The first-order valence-corrected chi connectivity index (χ1v) is 5.35. The number of hydrogen-bond acceptors (Lipinski definition) is 8. The molecular weight excluding hydrogens is 236 g/mol. The Labute approximate surface area is 101 Å². The minimum atomic E-state index is 0.536.